The number of rotatable bonds is 1. The molecule has 0 unspecified atom stereocenters. The zero-order valence-corrected chi connectivity index (χ0v) is 12.7. The van der Waals surface area contributed by atoms with Crippen molar-refractivity contribution >= 4 is 28.9 Å². The van der Waals surface area contributed by atoms with Gasteiger partial charge in [0.25, 0.3) is 0 Å². The molecule has 2 aromatic rings. The van der Waals surface area contributed by atoms with E-state index < -0.39 is 0 Å². The Morgan fingerprint density at radius 2 is 1.95 bits per heavy atom. The second-order valence-corrected chi connectivity index (χ2v) is 6.07. The molecule has 0 aliphatic carbocycles. The molecule has 0 bridgehead atoms. The summed E-state index contributed by atoms with van der Waals surface area (Å²) in [5.41, 5.74) is 10.4. The fourth-order valence-corrected chi connectivity index (χ4v) is 3.59. The molecule has 0 amide bonds. The number of para-hydroxylation sites is 1. The van der Waals surface area contributed by atoms with Gasteiger partial charge < -0.3 is 5.73 Å². The van der Waals surface area contributed by atoms with Crippen LogP contribution in [0.25, 0.3) is 0 Å². The van der Waals surface area contributed by atoms with Crippen molar-refractivity contribution in [3.63, 3.8) is 0 Å². The summed E-state index contributed by atoms with van der Waals surface area (Å²) in [5.74, 6) is 0. The summed E-state index contributed by atoms with van der Waals surface area (Å²) in [6.45, 7) is 0.961. The summed E-state index contributed by atoms with van der Waals surface area (Å²) in [4.78, 5) is 2.29. The Morgan fingerprint density at radius 3 is 2.70 bits per heavy atom. The highest BCUT2D eigenvalue weighted by Gasteiger charge is 2.29. The number of nitrogens with zero attached hydrogens (tertiary/aromatic N) is 1. The Hall–Kier alpha value is -1.22. The standard InChI is InChI=1S/C16H16Cl2N2/c1-20-7-6-10-8-11(17)9-13(18)15(10)16(20)12-4-2-3-5-14(12)19/h2-5,8-9,16H,6-7,19H2,1H3/t16-/m1/s1. The highest BCUT2D eigenvalue weighted by Crippen LogP contribution is 2.41. The van der Waals surface area contributed by atoms with Crippen LogP contribution in [0.15, 0.2) is 36.4 Å². The number of likely N-dealkylation sites (N-methyl/N-ethyl adjacent to an activating group) is 1. The minimum absolute atomic E-state index is 0.0877. The number of nitrogen functional groups attached to an aromatic ring is 1. The van der Waals surface area contributed by atoms with E-state index in [2.05, 4.69) is 18.0 Å². The van der Waals surface area contributed by atoms with Gasteiger partial charge in [-0.3, -0.25) is 4.90 Å². The molecule has 0 saturated heterocycles. The monoisotopic (exact) mass is 306 g/mol. The SMILES string of the molecule is CN1CCc2cc(Cl)cc(Cl)c2[C@H]1c1ccccc1N. The fraction of sp³-hybridized carbons (Fsp3) is 0.250. The lowest BCUT2D eigenvalue weighted by Crippen LogP contribution is -2.33. The predicted octanol–water partition coefficient (Wildman–Crippen LogP) is 4.15. The maximum absolute atomic E-state index is 6.46. The predicted molar refractivity (Wildman–Crippen MR) is 85.5 cm³/mol. The molecule has 20 heavy (non-hydrogen) atoms. The van der Waals surface area contributed by atoms with E-state index in [1.165, 1.54) is 5.56 Å². The van der Waals surface area contributed by atoms with Crippen molar-refractivity contribution < 1.29 is 0 Å². The third kappa shape index (κ3) is 2.28. The van der Waals surface area contributed by atoms with Crippen LogP contribution >= 0.6 is 23.2 Å². The van der Waals surface area contributed by atoms with Crippen LogP contribution < -0.4 is 5.73 Å². The summed E-state index contributed by atoms with van der Waals surface area (Å²) >= 11 is 12.6. The normalized spacial score (nSPS) is 18.9. The third-order valence-electron chi connectivity index (χ3n) is 3.92. The molecular formula is C16H16Cl2N2. The van der Waals surface area contributed by atoms with Gasteiger partial charge in [0, 0.05) is 22.3 Å². The third-order valence-corrected chi connectivity index (χ3v) is 4.45. The highest BCUT2D eigenvalue weighted by molar-refractivity contribution is 6.35. The van der Waals surface area contributed by atoms with Gasteiger partial charge in [0.2, 0.25) is 0 Å². The number of anilines is 1. The van der Waals surface area contributed by atoms with Crippen molar-refractivity contribution in [1.82, 2.24) is 4.90 Å². The average Bonchev–Trinajstić information content (AvgIpc) is 2.40. The largest absolute Gasteiger partial charge is 0.398 e. The smallest absolute Gasteiger partial charge is 0.0637 e. The van der Waals surface area contributed by atoms with E-state index >= 15 is 0 Å². The first-order valence-corrected chi connectivity index (χ1v) is 7.36. The van der Waals surface area contributed by atoms with Crippen LogP contribution in [0.4, 0.5) is 5.69 Å². The molecule has 4 heteroatoms. The first-order valence-electron chi connectivity index (χ1n) is 6.60. The molecule has 2 aromatic carbocycles. The van der Waals surface area contributed by atoms with Gasteiger partial charge in [0.05, 0.1) is 6.04 Å². The molecule has 1 aliphatic rings. The summed E-state index contributed by atoms with van der Waals surface area (Å²) in [6, 6.07) is 11.9. The van der Waals surface area contributed by atoms with Gasteiger partial charge in [-0.2, -0.15) is 0 Å². The van der Waals surface area contributed by atoms with Crippen LogP contribution in [-0.2, 0) is 6.42 Å². The van der Waals surface area contributed by atoms with Gasteiger partial charge in [-0.15, -0.1) is 0 Å². The van der Waals surface area contributed by atoms with Crippen molar-refractivity contribution in [2.45, 2.75) is 12.5 Å². The van der Waals surface area contributed by atoms with Crippen LogP contribution in [0, 0.1) is 0 Å². The number of halogens is 2. The summed E-state index contributed by atoms with van der Waals surface area (Å²) in [6.07, 6.45) is 0.954. The lowest BCUT2D eigenvalue weighted by atomic mass is 9.88. The molecule has 0 spiro atoms. The van der Waals surface area contributed by atoms with E-state index in [1.807, 2.05) is 30.3 Å². The minimum Gasteiger partial charge on any atom is -0.398 e. The van der Waals surface area contributed by atoms with Crippen molar-refractivity contribution in [2.24, 2.45) is 0 Å². The van der Waals surface area contributed by atoms with E-state index in [0.29, 0.717) is 10.0 Å². The van der Waals surface area contributed by atoms with Crippen LogP contribution in [0.2, 0.25) is 10.0 Å². The van der Waals surface area contributed by atoms with Gasteiger partial charge in [0.1, 0.15) is 0 Å². The van der Waals surface area contributed by atoms with Gasteiger partial charge in [-0.05, 0) is 48.4 Å². The first kappa shape index (κ1) is 13.7. The summed E-state index contributed by atoms with van der Waals surface area (Å²) in [5, 5.41) is 1.41. The van der Waals surface area contributed by atoms with Crippen LogP contribution in [0.1, 0.15) is 22.7 Å². The highest BCUT2D eigenvalue weighted by atomic mass is 35.5. The Bertz CT molecular complexity index is 655. The maximum atomic E-state index is 6.46. The number of fused-ring (bicyclic) bond motifs is 1. The lowest BCUT2D eigenvalue weighted by molar-refractivity contribution is 0.265. The summed E-state index contributed by atoms with van der Waals surface area (Å²) in [7, 11) is 2.10. The molecule has 0 aromatic heterocycles. The molecule has 104 valence electrons. The zero-order valence-electron chi connectivity index (χ0n) is 11.2. The van der Waals surface area contributed by atoms with Gasteiger partial charge in [-0.25, -0.2) is 0 Å². The van der Waals surface area contributed by atoms with Gasteiger partial charge >= 0.3 is 0 Å². The molecule has 1 heterocycles. The molecule has 2 N–H and O–H groups in total. The number of hydrogen-bond donors (Lipinski definition) is 1. The molecule has 0 radical (unpaired) electrons. The molecule has 1 atom stereocenters. The van der Waals surface area contributed by atoms with E-state index in [4.69, 9.17) is 28.9 Å². The molecular weight excluding hydrogens is 291 g/mol. The zero-order chi connectivity index (χ0) is 14.3. The van der Waals surface area contributed by atoms with E-state index in [1.54, 1.807) is 0 Å². The Balaban J connectivity index is 2.20. The van der Waals surface area contributed by atoms with E-state index in [-0.39, 0.29) is 6.04 Å². The van der Waals surface area contributed by atoms with Gasteiger partial charge in [-0.1, -0.05) is 41.4 Å². The Kier molecular flexibility index (Phi) is 3.63. The minimum atomic E-state index is 0.0877. The lowest BCUT2D eigenvalue weighted by Gasteiger charge is -2.36. The van der Waals surface area contributed by atoms with Crippen molar-refractivity contribution in [2.75, 3.05) is 19.3 Å². The van der Waals surface area contributed by atoms with Crippen LogP contribution in [0.3, 0.4) is 0 Å². The molecule has 3 rings (SSSR count). The van der Waals surface area contributed by atoms with E-state index in [9.17, 15) is 0 Å². The second-order valence-electron chi connectivity index (χ2n) is 5.22. The molecule has 0 fully saturated rings. The molecule has 0 saturated carbocycles. The maximum Gasteiger partial charge on any atom is 0.0637 e. The summed E-state index contributed by atoms with van der Waals surface area (Å²) < 4.78 is 0. The average molecular weight is 307 g/mol. The number of hydrogen-bond acceptors (Lipinski definition) is 2. The van der Waals surface area contributed by atoms with Gasteiger partial charge in [0.15, 0.2) is 0 Å². The molecule has 1 aliphatic heterocycles. The quantitative estimate of drug-likeness (QED) is 0.802. The Labute approximate surface area is 129 Å². The van der Waals surface area contributed by atoms with E-state index in [0.717, 1.165) is 29.8 Å². The van der Waals surface area contributed by atoms with Crippen LogP contribution in [-0.4, -0.2) is 18.5 Å². The molecule has 2 nitrogen and oxygen atoms in total. The van der Waals surface area contributed by atoms with Crippen molar-refractivity contribution in [3.8, 4) is 0 Å². The first-order chi connectivity index (χ1) is 9.58. The Morgan fingerprint density at radius 1 is 1.20 bits per heavy atom. The van der Waals surface area contributed by atoms with Crippen molar-refractivity contribution in [3.05, 3.63) is 63.1 Å². The topological polar surface area (TPSA) is 29.3 Å². The van der Waals surface area contributed by atoms with Crippen LogP contribution in [0.5, 0.6) is 0 Å². The number of nitrogens with two attached hydrogens (primary N) is 1. The van der Waals surface area contributed by atoms with Crippen molar-refractivity contribution in [1.29, 1.82) is 0 Å². The number of benzene rings is 2. The second kappa shape index (κ2) is 5.28. The fourth-order valence-electron chi connectivity index (χ4n) is 2.95.